The van der Waals surface area contributed by atoms with Crippen molar-refractivity contribution in [1.29, 1.82) is 0 Å². The third-order valence-corrected chi connectivity index (χ3v) is 10.8. The van der Waals surface area contributed by atoms with Crippen molar-refractivity contribution in [2.24, 2.45) is 11.3 Å². The van der Waals surface area contributed by atoms with Crippen LogP contribution in [0.25, 0.3) is 22.3 Å². The highest BCUT2D eigenvalue weighted by Gasteiger charge is 2.38. The average molecular weight is 763 g/mol. The van der Waals surface area contributed by atoms with E-state index in [9.17, 15) is 19.2 Å². The average Bonchev–Trinajstić information content (AvgIpc) is 4.08. The molecule has 1 aromatic heterocycles. The number of benzene rings is 2. The molecule has 2 aliphatic heterocycles. The van der Waals surface area contributed by atoms with Crippen molar-refractivity contribution in [3.05, 3.63) is 36.4 Å². The van der Waals surface area contributed by atoms with Gasteiger partial charge in [-0.2, -0.15) is 0 Å². The first-order chi connectivity index (χ1) is 26.1. The number of aromatic nitrogens is 2. The number of rotatable bonds is 16. The van der Waals surface area contributed by atoms with Crippen LogP contribution in [0.4, 0.5) is 4.79 Å². The molecule has 2 aliphatic carbocycles. The van der Waals surface area contributed by atoms with Gasteiger partial charge in [-0.05, 0) is 74.2 Å². The highest BCUT2D eigenvalue weighted by Crippen LogP contribution is 2.40. The standard InChI is InChI=1S/C38H46N6O9S/c1-38(2,19-50-24-7-4-6-23(17-24)31-36(49-3)42-32-26(40-31)13-14-29-33(32)53-21-52-29)20-51-37(48)39-18-30(45)44-15-5-8-28(44)35(47)41-27(16-22-9-10-22)34(46)43-54-25-11-12-25/h4,6-7,13-14,17,22,25,27-28H,5,8-12,15-16,18-21H2,1-3H3,(H,39,48)(H,41,47)(H,43,46). The molecule has 3 N–H and O–H groups in total. The van der Waals surface area contributed by atoms with Gasteiger partial charge >= 0.3 is 6.09 Å². The molecule has 3 heterocycles. The highest BCUT2D eigenvalue weighted by molar-refractivity contribution is 7.98. The topological polar surface area (TPSA) is 180 Å². The van der Waals surface area contributed by atoms with Gasteiger partial charge in [0.1, 0.15) is 42.2 Å². The lowest BCUT2D eigenvalue weighted by Crippen LogP contribution is -2.53. The zero-order valence-electron chi connectivity index (χ0n) is 30.7. The summed E-state index contributed by atoms with van der Waals surface area (Å²) in [5.41, 5.74) is 1.86. The summed E-state index contributed by atoms with van der Waals surface area (Å²) in [5, 5.41) is 5.89. The second-order valence-corrected chi connectivity index (χ2v) is 16.0. The van der Waals surface area contributed by atoms with Gasteiger partial charge in [0.2, 0.25) is 24.5 Å². The third-order valence-electron chi connectivity index (χ3n) is 9.67. The molecule has 1 saturated heterocycles. The van der Waals surface area contributed by atoms with Crippen molar-refractivity contribution in [2.75, 3.05) is 40.2 Å². The Kier molecular flexibility index (Phi) is 11.2. The number of nitrogens with zero attached hydrogens (tertiary/aromatic N) is 3. The summed E-state index contributed by atoms with van der Waals surface area (Å²) in [5.74, 6) is 1.54. The van der Waals surface area contributed by atoms with E-state index in [1.807, 2.05) is 44.2 Å². The van der Waals surface area contributed by atoms with Crippen LogP contribution in [0.1, 0.15) is 58.8 Å². The van der Waals surface area contributed by atoms with Crippen LogP contribution in [-0.4, -0.2) is 96.2 Å². The smallest absolute Gasteiger partial charge is 0.407 e. The van der Waals surface area contributed by atoms with Gasteiger partial charge in [-0.3, -0.25) is 19.1 Å². The van der Waals surface area contributed by atoms with Crippen LogP contribution in [0.3, 0.4) is 0 Å². The summed E-state index contributed by atoms with van der Waals surface area (Å²) in [6.07, 6.45) is 5.26. The minimum Gasteiger partial charge on any atom is -0.493 e. The predicted octanol–water partition coefficient (Wildman–Crippen LogP) is 4.37. The van der Waals surface area contributed by atoms with Crippen molar-refractivity contribution in [2.45, 2.75) is 76.1 Å². The van der Waals surface area contributed by atoms with Crippen molar-refractivity contribution in [3.8, 4) is 34.4 Å². The summed E-state index contributed by atoms with van der Waals surface area (Å²) in [6, 6.07) is 9.67. The van der Waals surface area contributed by atoms with E-state index in [2.05, 4.69) is 20.3 Å². The zero-order chi connectivity index (χ0) is 37.8. The largest absolute Gasteiger partial charge is 0.493 e. The summed E-state index contributed by atoms with van der Waals surface area (Å²) < 4.78 is 31.1. The van der Waals surface area contributed by atoms with Gasteiger partial charge in [-0.25, -0.2) is 14.8 Å². The number of fused-ring (bicyclic) bond motifs is 3. The number of ether oxygens (including phenoxy) is 5. The summed E-state index contributed by atoms with van der Waals surface area (Å²) in [4.78, 5) is 62.9. The summed E-state index contributed by atoms with van der Waals surface area (Å²) in [6.45, 7) is 4.22. The Bertz CT molecular complexity index is 1900. The second-order valence-electron chi connectivity index (χ2n) is 14.9. The molecule has 0 bridgehead atoms. The molecule has 2 saturated carbocycles. The molecule has 4 aliphatic rings. The van der Waals surface area contributed by atoms with E-state index >= 15 is 0 Å². The molecule has 4 amide bonds. The van der Waals surface area contributed by atoms with Crippen molar-refractivity contribution in [3.63, 3.8) is 0 Å². The molecule has 3 fully saturated rings. The lowest BCUT2D eigenvalue weighted by atomic mass is 9.96. The van der Waals surface area contributed by atoms with Gasteiger partial charge in [0, 0.05) is 22.8 Å². The molecule has 288 valence electrons. The van der Waals surface area contributed by atoms with Gasteiger partial charge < -0.3 is 39.2 Å². The van der Waals surface area contributed by atoms with Gasteiger partial charge in [0.15, 0.2) is 11.5 Å². The molecular weight excluding hydrogens is 717 g/mol. The highest BCUT2D eigenvalue weighted by atomic mass is 32.2. The Labute approximate surface area is 317 Å². The fourth-order valence-corrected chi connectivity index (χ4v) is 7.13. The van der Waals surface area contributed by atoms with Crippen molar-refractivity contribution in [1.82, 2.24) is 30.2 Å². The quantitative estimate of drug-likeness (QED) is 0.176. The van der Waals surface area contributed by atoms with E-state index in [1.54, 1.807) is 6.07 Å². The molecular formula is C38H46N6O9S. The van der Waals surface area contributed by atoms with Crippen LogP contribution in [0.5, 0.6) is 23.1 Å². The fourth-order valence-electron chi connectivity index (χ4n) is 6.34. The molecule has 2 atom stereocenters. The molecule has 0 spiro atoms. The first-order valence-corrected chi connectivity index (χ1v) is 19.3. The molecule has 7 rings (SSSR count). The maximum absolute atomic E-state index is 13.3. The number of carbonyl (C=O) groups is 4. The molecule has 3 aromatic rings. The lowest BCUT2D eigenvalue weighted by molar-refractivity contribution is -0.138. The van der Waals surface area contributed by atoms with Crippen LogP contribution >= 0.6 is 11.9 Å². The molecule has 16 heteroatoms. The second kappa shape index (κ2) is 16.2. The number of carbonyl (C=O) groups excluding carboxylic acids is 4. The number of likely N-dealkylation sites (tertiary alicyclic amines) is 1. The van der Waals surface area contributed by atoms with Crippen molar-refractivity contribution >= 4 is 46.8 Å². The molecule has 54 heavy (non-hydrogen) atoms. The van der Waals surface area contributed by atoms with Crippen LogP contribution < -0.4 is 34.3 Å². The number of hydrogen-bond acceptors (Lipinski definition) is 12. The maximum atomic E-state index is 13.3. The van der Waals surface area contributed by atoms with E-state index in [4.69, 9.17) is 28.7 Å². The van der Waals surface area contributed by atoms with E-state index < -0.39 is 29.5 Å². The normalized spacial score (nSPS) is 18.2. The predicted molar refractivity (Wildman–Crippen MR) is 199 cm³/mol. The van der Waals surface area contributed by atoms with Crippen LogP contribution in [0.2, 0.25) is 0 Å². The fraction of sp³-hybridized carbons (Fsp3) is 0.526. The van der Waals surface area contributed by atoms with Gasteiger partial charge in [0.25, 0.3) is 5.91 Å². The molecule has 2 unspecified atom stereocenters. The number of amides is 4. The SMILES string of the molecule is COc1nc2c3c(ccc2nc1-c1cccc(OCC(C)(C)COC(=O)NCC(=O)N2CCCC2C(=O)NC(CC2CC2)C(=O)NSC2CC2)c1)OCO3. The summed E-state index contributed by atoms with van der Waals surface area (Å²) >= 11 is 1.42. The van der Waals surface area contributed by atoms with Crippen LogP contribution in [0.15, 0.2) is 36.4 Å². The Morgan fingerprint density at radius 1 is 1.04 bits per heavy atom. The Hall–Kier alpha value is -4.99. The Morgan fingerprint density at radius 2 is 1.87 bits per heavy atom. The lowest BCUT2D eigenvalue weighted by Gasteiger charge is -2.27. The van der Waals surface area contributed by atoms with Gasteiger partial charge in [0.05, 0.1) is 19.2 Å². The van der Waals surface area contributed by atoms with Crippen LogP contribution in [-0.2, 0) is 19.1 Å². The van der Waals surface area contributed by atoms with Crippen molar-refractivity contribution < 1.29 is 42.9 Å². The minimum absolute atomic E-state index is 0.0189. The first kappa shape index (κ1) is 37.3. The van der Waals surface area contributed by atoms with E-state index in [0.29, 0.717) is 76.8 Å². The van der Waals surface area contributed by atoms with Gasteiger partial charge in [-0.15, -0.1) is 0 Å². The van der Waals surface area contributed by atoms with Crippen LogP contribution in [0, 0.1) is 11.3 Å². The van der Waals surface area contributed by atoms with E-state index in [1.165, 1.54) is 24.0 Å². The van der Waals surface area contributed by atoms with E-state index in [-0.39, 0.29) is 38.4 Å². The maximum Gasteiger partial charge on any atom is 0.407 e. The number of methoxy groups -OCH3 is 1. The Morgan fingerprint density at radius 3 is 2.65 bits per heavy atom. The first-order valence-electron chi connectivity index (χ1n) is 18.4. The zero-order valence-corrected chi connectivity index (χ0v) is 31.5. The monoisotopic (exact) mass is 762 g/mol. The molecule has 2 aromatic carbocycles. The number of nitrogens with one attached hydrogen (secondary N) is 3. The molecule has 15 nitrogen and oxygen atoms in total. The number of hydrogen-bond donors (Lipinski definition) is 3. The van der Waals surface area contributed by atoms with Gasteiger partial charge in [-0.1, -0.05) is 38.8 Å². The van der Waals surface area contributed by atoms with E-state index in [0.717, 1.165) is 31.2 Å². The summed E-state index contributed by atoms with van der Waals surface area (Å²) in [7, 11) is 1.53. The third kappa shape index (κ3) is 9.20. The minimum atomic E-state index is -0.752. The Balaban J connectivity index is 0.876. The molecule has 0 radical (unpaired) electrons. The number of alkyl carbamates (subject to hydrolysis) is 1.